The Morgan fingerprint density at radius 2 is 2.33 bits per heavy atom. The predicted octanol–water partition coefficient (Wildman–Crippen LogP) is 1.61. The number of amides is 1. The van der Waals surface area contributed by atoms with E-state index in [1.165, 1.54) is 12.8 Å². The molecule has 1 rings (SSSR count). The average molecular weight is 187 g/mol. The highest BCUT2D eigenvalue weighted by Gasteiger charge is 2.34. The first-order valence-corrected chi connectivity index (χ1v) is 5.10. The lowest BCUT2D eigenvalue weighted by Crippen LogP contribution is -2.42. The van der Waals surface area contributed by atoms with Crippen LogP contribution < -0.4 is 5.32 Å². The lowest BCUT2D eigenvalue weighted by molar-refractivity contribution is -0.119. The van der Waals surface area contributed by atoms with Crippen molar-refractivity contribution in [3.05, 3.63) is 0 Å². The lowest BCUT2D eigenvalue weighted by Gasteiger charge is -2.27. The van der Waals surface area contributed by atoms with Crippen molar-refractivity contribution in [1.29, 1.82) is 0 Å². The van der Waals surface area contributed by atoms with E-state index in [-0.39, 0.29) is 11.3 Å². The van der Waals surface area contributed by atoms with Gasteiger partial charge in [-0.1, -0.05) is 20.3 Å². The van der Waals surface area contributed by atoms with Crippen LogP contribution >= 0.6 is 12.6 Å². The summed E-state index contributed by atoms with van der Waals surface area (Å²) in [7, 11) is 0. The van der Waals surface area contributed by atoms with E-state index in [1.54, 1.807) is 0 Å². The van der Waals surface area contributed by atoms with Gasteiger partial charge in [-0.3, -0.25) is 4.79 Å². The van der Waals surface area contributed by atoms with Crippen LogP contribution in [-0.2, 0) is 4.79 Å². The van der Waals surface area contributed by atoms with Gasteiger partial charge in [0, 0.05) is 6.04 Å². The zero-order valence-electron chi connectivity index (χ0n) is 7.76. The Kier molecular flexibility index (Phi) is 3.04. The molecule has 1 fully saturated rings. The summed E-state index contributed by atoms with van der Waals surface area (Å²) in [6, 6.07) is 0.358. The molecule has 1 atom stereocenters. The Balaban J connectivity index is 2.47. The van der Waals surface area contributed by atoms with E-state index in [0.29, 0.717) is 11.8 Å². The maximum absolute atomic E-state index is 11.1. The van der Waals surface area contributed by atoms with Gasteiger partial charge in [-0.2, -0.15) is 12.6 Å². The number of carbonyl (C=O) groups excluding carboxylic acids is 1. The number of hydrogen-bond donors (Lipinski definition) is 2. The van der Waals surface area contributed by atoms with Crippen LogP contribution in [-0.4, -0.2) is 17.7 Å². The molecule has 3 heteroatoms. The first kappa shape index (κ1) is 9.90. The Hall–Kier alpha value is -0.180. The summed E-state index contributed by atoms with van der Waals surface area (Å²) in [6.07, 6.45) is 3.56. The van der Waals surface area contributed by atoms with Crippen molar-refractivity contribution in [3.8, 4) is 0 Å². The van der Waals surface area contributed by atoms with E-state index in [1.807, 2.05) is 0 Å². The van der Waals surface area contributed by atoms with Crippen LogP contribution in [0.1, 0.15) is 33.1 Å². The normalized spacial score (nSPS) is 27.1. The Bertz CT molecular complexity index is 179. The zero-order chi connectivity index (χ0) is 9.19. The number of thiol groups is 1. The van der Waals surface area contributed by atoms with Gasteiger partial charge in [0.05, 0.1) is 5.75 Å². The van der Waals surface area contributed by atoms with Gasteiger partial charge in [-0.25, -0.2) is 0 Å². The summed E-state index contributed by atoms with van der Waals surface area (Å²) in [4.78, 5) is 11.1. The summed E-state index contributed by atoms with van der Waals surface area (Å²) in [5.74, 6) is 0.352. The molecule has 0 aromatic carbocycles. The molecule has 1 aliphatic rings. The van der Waals surface area contributed by atoms with Crippen LogP contribution in [0.4, 0.5) is 0 Å². The monoisotopic (exact) mass is 187 g/mol. The van der Waals surface area contributed by atoms with Gasteiger partial charge in [-0.15, -0.1) is 0 Å². The van der Waals surface area contributed by atoms with Crippen molar-refractivity contribution in [3.63, 3.8) is 0 Å². The molecular weight excluding hydrogens is 170 g/mol. The van der Waals surface area contributed by atoms with Crippen LogP contribution in [0, 0.1) is 5.41 Å². The number of hydrogen-bond acceptors (Lipinski definition) is 2. The minimum absolute atomic E-state index is 0.0540. The Morgan fingerprint density at radius 1 is 1.67 bits per heavy atom. The van der Waals surface area contributed by atoms with Gasteiger partial charge in [0.15, 0.2) is 0 Å². The Labute approximate surface area is 79.5 Å². The molecule has 2 nitrogen and oxygen atoms in total. The molecule has 1 saturated carbocycles. The highest BCUT2D eigenvalue weighted by Crippen LogP contribution is 2.36. The van der Waals surface area contributed by atoms with Gasteiger partial charge in [0.2, 0.25) is 5.91 Å². The molecule has 0 aliphatic heterocycles. The van der Waals surface area contributed by atoms with Crippen molar-refractivity contribution in [2.45, 2.75) is 39.2 Å². The Morgan fingerprint density at radius 3 is 2.75 bits per heavy atom. The number of nitrogens with one attached hydrogen (secondary N) is 1. The highest BCUT2D eigenvalue weighted by atomic mass is 32.1. The molecule has 12 heavy (non-hydrogen) atoms. The van der Waals surface area contributed by atoms with Crippen molar-refractivity contribution in [1.82, 2.24) is 5.32 Å². The van der Waals surface area contributed by atoms with Gasteiger partial charge in [0.1, 0.15) is 0 Å². The lowest BCUT2D eigenvalue weighted by atomic mass is 9.87. The van der Waals surface area contributed by atoms with Gasteiger partial charge < -0.3 is 5.32 Å². The quantitative estimate of drug-likeness (QED) is 0.632. The summed E-state index contributed by atoms with van der Waals surface area (Å²) in [5, 5.41) is 3.00. The summed E-state index contributed by atoms with van der Waals surface area (Å²) >= 11 is 3.93. The van der Waals surface area contributed by atoms with Crippen LogP contribution in [0.15, 0.2) is 0 Å². The predicted molar refractivity (Wildman–Crippen MR) is 53.4 cm³/mol. The average Bonchev–Trinajstić information content (AvgIpc) is 2.31. The van der Waals surface area contributed by atoms with Crippen molar-refractivity contribution in [2.75, 3.05) is 5.75 Å². The fourth-order valence-corrected chi connectivity index (χ4v) is 1.93. The summed E-state index contributed by atoms with van der Waals surface area (Å²) in [6.45, 7) is 4.42. The minimum Gasteiger partial charge on any atom is -0.352 e. The van der Waals surface area contributed by atoms with Crippen LogP contribution in [0.2, 0.25) is 0 Å². The maximum Gasteiger partial charge on any atom is 0.229 e. The molecule has 0 bridgehead atoms. The smallest absolute Gasteiger partial charge is 0.229 e. The van der Waals surface area contributed by atoms with E-state index >= 15 is 0 Å². The van der Waals surface area contributed by atoms with E-state index < -0.39 is 0 Å². The van der Waals surface area contributed by atoms with E-state index in [2.05, 4.69) is 31.8 Å². The third-order valence-electron chi connectivity index (χ3n) is 2.74. The molecule has 0 aromatic rings. The summed E-state index contributed by atoms with van der Waals surface area (Å²) < 4.78 is 0. The SMILES string of the molecule is CC1(C)CCCC1NC(=O)CS. The van der Waals surface area contributed by atoms with Gasteiger partial charge >= 0.3 is 0 Å². The standard InChI is InChI=1S/C9H17NOS/c1-9(2)5-3-4-7(9)10-8(11)6-12/h7,12H,3-6H2,1-2H3,(H,10,11). The number of rotatable bonds is 2. The topological polar surface area (TPSA) is 29.1 Å². The first-order valence-electron chi connectivity index (χ1n) is 4.46. The fourth-order valence-electron chi connectivity index (χ4n) is 1.83. The minimum atomic E-state index is 0.0540. The maximum atomic E-state index is 11.1. The second-order valence-electron chi connectivity index (χ2n) is 4.16. The van der Waals surface area contributed by atoms with Crippen molar-refractivity contribution in [2.24, 2.45) is 5.41 Å². The number of carbonyl (C=O) groups is 1. The molecule has 1 unspecified atom stereocenters. The molecule has 1 aliphatic carbocycles. The second-order valence-corrected chi connectivity index (χ2v) is 4.48. The van der Waals surface area contributed by atoms with Crippen molar-refractivity contribution >= 4 is 18.5 Å². The molecule has 0 heterocycles. The van der Waals surface area contributed by atoms with Crippen LogP contribution in [0.3, 0.4) is 0 Å². The second kappa shape index (κ2) is 3.69. The molecule has 0 saturated heterocycles. The first-order chi connectivity index (χ1) is 5.56. The van der Waals surface area contributed by atoms with Crippen LogP contribution in [0.5, 0.6) is 0 Å². The molecule has 0 radical (unpaired) electrons. The van der Waals surface area contributed by atoms with Gasteiger partial charge in [-0.05, 0) is 18.3 Å². The summed E-state index contributed by atoms with van der Waals surface area (Å²) in [5.41, 5.74) is 0.276. The third-order valence-corrected chi connectivity index (χ3v) is 3.02. The molecule has 70 valence electrons. The van der Waals surface area contributed by atoms with E-state index in [0.717, 1.165) is 6.42 Å². The van der Waals surface area contributed by atoms with E-state index in [4.69, 9.17) is 0 Å². The molecule has 0 aromatic heterocycles. The molecular formula is C9H17NOS. The third kappa shape index (κ3) is 2.16. The van der Waals surface area contributed by atoms with Crippen molar-refractivity contribution < 1.29 is 4.79 Å². The molecule has 0 spiro atoms. The molecule has 1 amide bonds. The molecule has 1 N–H and O–H groups in total. The highest BCUT2D eigenvalue weighted by molar-refractivity contribution is 7.81. The van der Waals surface area contributed by atoms with Crippen LogP contribution in [0.25, 0.3) is 0 Å². The van der Waals surface area contributed by atoms with E-state index in [9.17, 15) is 4.79 Å². The largest absolute Gasteiger partial charge is 0.352 e. The van der Waals surface area contributed by atoms with Gasteiger partial charge in [0.25, 0.3) is 0 Å². The zero-order valence-corrected chi connectivity index (χ0v) is 8.66. The fraction of sp³-hybridized carbons (Fsp3) is 0.889.